The van der Waals surface area contributed by atoms with Crippen molar-refractivity contribution in [3.05, 3.63) is 28.8 Å². The molecule has 4 nitrogen and oxygen atoms in total. The molecule has 1 N–H and O–H groups in total. The van der Waals surface area contributed by atoms with Gasteiger partial charge in [-0.3, -0.25) is 0 Å². The van der Waals surface area contributed by atoms with Crippen molar-refractivity contribution in [1.82, 2.24) is 0 Å². The van der Waals surface area contributed by atoms with Gasteiger partial charge in [0.1, 0.15) is 0 Å². The third-order valence-corrected chi connectivity index (χ3v) is 3.09. The number of benzene rings is 1. The predicted molar refractivity (Wildman–Crippen MR) is 79.7 cm³/mol. The van der Waals surface area contributed by atoms with Crippen LogP contribution in [0.2, 0.25) is 5.02 Å². The molecule has 0 fully saturated rings. The van der Waals surface area contributed by atoms with Crippen LogP contribution in [-0.4, -0.2) is 24.3 Å². The lowest BCUT2D eigenvalue weighted by atomic mass is 10.1. The second kappa shape index (κ2) is 7.80. The van der Waals surface area contributed by atoms with E-state index in [9.17, 15) is 4.79 Å². The summed E-state index contributed by atoms with van der Waals surface area (Å²) in [5.41, 5.74) is 0.587. The molecule has 0 unspecified atom stereocenters. The van der Waals surface area contributed by atoms with E-state index in [4.69, 9.17) is 26.2 Å². The van der Waals surface area contributed by atoms with Crippen LogP contribution in [0, 0.1) is 0 Å². The number of aliphatic carboxylic acids is 1. The minimum Gasteiger partial charge on any atom is -0.493 e. The topological polar surface area (TPSA) is 55.8 Å². The van der Waals surface area contributed by atoms with Crippen LogP contribution in [0.5, 0.6) is 11.5 Å². The van der Waals surface area contributed by atoms with Crippen LogP contribution >= 0.6 is 11.6 Å². The van der Waals surface area contributed by atoms with Crippen LogP contribution in [0.25, 0.3) is 6.08 Å². The maximum absolute atomic E-state index is 10.7. The summed E-state index contributed by atoms with van der Waals surface area (Å²) in [5, 5.41) is 9.21. The summed E-state index contributed by atoms with van der Waals surface area (Å²) in [7, 11) is 1.52. The Hall–Kier alpha value is -1.68. The predicted octanol–water partition coefficient (Wildman–Crippen LogP) is 4.01. The second-order valence-electron chi connectivity index (χ2n) is 4.25. The fourth-order valence-corrected chi connectivity index (χ4v) is 1.99. The molecule has 0 saturated carbocycles. The van der Waals surface area contributed by atoms with E-state index in [1.165, 1.54) is 13.2 Å². The molecule has 5 heteroatoms. The third kappa shape index (κ3) is 4.46. The highest BCUT2D eigenvalue weighted by Crippen LogP contribution is 2.36. The lowest BCUT2D eigenvalue weighted by molar-refractivity contribution is -0.131. The molecule has 0 aliphatic rings. The average Bonchev–Trinajstić information content (AvgIpc) is 2.43. The van der Waals surface area contributed by atoms with Crippen LogP contribution in [0.4, 0.5) is 0 Å². The molecule has 0 saturated heterocycles. The number of halogens is 1. The Morgan fingerprint density at radius 3 is 2.55 bits per heavy atom. The highest BCUT2D eigenvalue weighted by atomic mass is 35.5. The summed E-state index contributed by atoms with van der Waals surface area (Å²) in [6.07, 6.45) is 4.25. The van der Waals surface area contributed by atoms with Crippen LogP contribution in [-0.2, 0) is 4.79 Å². The van der Waals surface area contributed by atoms with E-state index in [0.29, 0.717) is 22.1 Å². The van der Waals surface area contributed by atoms with E-state index >= 15 is 0 Å². The molecular formula is C15H19ClO4. The number of carboxylic acid groups (broad SMARTS) is 1. The monoisotopic (exact) mass is 298 g/mol. The van der Waals surface area contributed by atoms with Gasteiger partial charge in [-0.2, -0.15) is 0 Å². The summed E-state index contributed by atoms with van der Waals surface area (Å²) in [5.74, 6) is -0.0186. The summed E-state index contributed by atoms with van der Waals surface area (Å²) in [6.45, 7) is 4.06. The molecule has 0 radical (unpaired) electrons. The Morgan fingerprint density at radius 2 is 2.05 bits per heavy atom. The Kier molecular flexibility index (Phi) is 6.39. The zero-order chi connectivity index (χ0) is 15.1. The van der Waals surface area contributed by atoms with Crippen molar-refractivity contribution >= 4 is 23.6 Å². The molecule has 0 heterocycles. The summed E-state index contributed by atoms with van der Waals surface area (Å²) in [6, 6.07) is 3.30. The number of ether oxygens (including phenoxy) is 2. The average molecular weight is 299 g/mol. The highest BCUT2D eigenvalue weighted by Gasteiger charge is 2.15. The number of carboxylic acids is 1. The van der Waals surface area contributed by atoms with Gasteiger partial charge in [0.2, 0.25) is 0 Å². The normalized spacial score (nSPS) is 11.1. The molecule has 0 amide bonds. The first-order chi connectivity index (χ1) is 9.51. The first kappa shape index (κ1) is 16.4. The van der Waals surface area contributed by atoms with Gasteiger partial charge >= 0.3 is 5.97 Å². The molecular weight excluding hydrogens is 280 g/mol. The summed E-state index contributed by atoms with van der Waals surface area (Å²) >= 11 is 6.00. The lowest BCUT2D eigenvalue weighted by Gasteiger charge is -2.20. The van der Waals surface area contributed by atoms with E-state index in [1.54, 1.807) is 12.1 Å². The van der Waals surface area contributed by atoms with Gasteiger partial charge in [0.25, 0.3) is 0 Å². The van der Waals surface area contributed by atoms with Gasteiger partial charge in [-0.15, -0.1) is 0 Å². The molecule has 0 bridgehead atoms. The smallest absolute Gasteiger partial charge is 0.328 e. The van der Waals surface area contributed by atoms with Crippen molar-refractivity contribution in [2.45, 2.75) is 32.8 Å². The van der Waals surface area contributed by atoms with Crippen LogP contribution in [0.15, 0.2) is 18.2 Å². The highest BCUT2D eigenvalue weighted by molar-refractivity contribution is 6.31. The van der Waals surface area contributed by atoms with Crippen molar-refractivity contribution in [1.29, 1.82) is 0 Å². The molecule has 0 aliphatic heterocycles. The van der Waals surface area contributed by atoms with Gasteiger partial charge in [-0.1, -0.05) is 25.4 Å². The van der Waals surface area contributed by atoms with Crippen LogP contribution in [0.3, 0.4) is 0 Å². The first-order valence-corrected chi connectivity index (χ1v) is 6.84. The van der Waals surface area contributed by atoms with Gasteiger partial charge in [0.05, 0.1) is 13.2 Å². The number of methoxy groups -OCH3 is 1. The Morgan fingerprint density at radius 1 is 1.40 bits per heavy atom. The van der Waals surface area contributed by atoms with Crippen molar-refractivity contribution < 1.29 is 19.4 Å². The third-order valence-electron chi connectivity index (χ3n) is 2.87. The largest absolute Gasteiger partial charge is 0.493 e. The van der Waals surface area contributed by atoms with E-state index in [2.05, 4.69) is 0 Å². The molecule has 0 atom stereocenters. The molecule has 1 aromatic rings. The van der Waals surface area contributed by atoms with E-state index in [-0.39, 0.29) is 6.10 Å². The van der Waals surface area contributed by atoms with Crippen molar-refractivity contribution in [2.24, 2.45) is 0 Å². The number of hydrogen-bond donors (Lipinski definition) is 1. The van der Waals surface area contributed by atoms with Gasteiger partial charge in [0, 0.05) is 22.7 Å². The molecule has 0 aromatic heterocycles. The lowest BCUT2D eigenvalue weighted by Crippen LogP contribution is -2.15. The van der Waals surface area contributed by atoms with E-state index in [1.807, 2.05) is 13.8 Å². The first-order valence-electron chi connectivity index (χ1n) is 6.47. The molecule has 20 heavy (non-hydrogen) atoms. The summed E-state index contributed by atoms with van der Waals surface area (Å²) < 4.78 is 11.2. The standard InChI is InChI=1S/C15H19ClO4/c1-4-12(5-2)20-15-10(6-7-14(17)18)8-11(16)9-13(15)19-3/h6-9,12H,4-5H2,1-3H3,(H,17,18)/b7-6+. The van der Waals surface area contributed by atoms with E-state index < -0.39 is 5.97 Å². The number of hydrogen-bond acceptors (Lipinski definition) is 3. The van der Waals surface area contributed by atoms with Crippen molar-refractivity contribution in [2.75, 3.05) is 7.11 Å². The van der Waals surface area contributed by atoms with Gasteiger partial charge in [-0.05, 0) is 25.0 Å². The molecule has 1 aromatic carbocycles. The minimum absolute atomic E-state index is 0.0436. The number of rotatable bonds is 7. The van der Waals surface area contributed by atoms with Crippen molar-refractivity contribution in [3.63, 3.8) is 0 Å². The zero-order valence-corrected chi connectivity index (χ0v) is 12.6. The van der Waals surface area contributed by atoms with Crippen molar-refractivity contribution in [3.8, 4) is 11.5 Å². The zero-order valence-electron chi connectivity index (χ0n) is 11.9. The van der Waals surface area contributed by atoms with Gasteiger partial charge in [-0.25, -0.2) is 4.79 Å². The Labute approximate surface area is 124 Å². The van der Waals surface area contributed by atoms with Gasteiger partial charge in [0.15, 0.2) is 11.5 Å². The fourth-order valence-electron chi connectivity index (χ4n) is 1.77. The SMILES string of the molecule is CCC(CC)Oc1c(/C=C/C(=O)O)cc(Cl)cc1OC. The molecule has 110 valence electrons. The van der Waals surface area contributed by atoms with Gasteiger partial charge < -0.3 is 14.6 Å². The minimum atomic E-state index is -1.03. The fraction of sp³-hybridized carbons (Fsp3) is 0.400. The Bertz CT molecular complexity index is 493. The quantitative estimate of drug-likeness (QED) is 0.773. The second-order valence-corrected chi connectivity index (χ2v) is 4.69. The maximum atomic E-state index is 10.7. The molecule has 0 spiro atoms. The maximum Gasteiger partial charge on any atom is 0.328 e. The number of carbonyl (C=O) groups is 1. The summed E-state index contributed by atoms with van der Waals surface area (Å²) in [4.78, 5) is 10.7. The van der Waals surface area contributed by atoms with Crippen LogP contribution in [0.1, 0.15) is 32.3 Å². The van der Waals surface area contributed by atoms with Crippen LogP contribution < -0.4 is 9.47 Å². The molecule has 0 aliphatic carbocycles. The Balaban J connectivity index is 3.24. The van der Waals surface area contributed by atoms with E-state index in [0.717, 1.165) is 18.9 Å². The molecule has 1 rings (SSSR count).